The molecule has 11 aromatic rings. The van der Waals surface area contributed by atoms with Crippen LogP contribution in [0.1, 0.15) is 0 Å². The molecule has 3 aromatic heterocycles. The molecule has 4 heteroatoms. The van der Waals surface area contributed by atoms with Gasteiger partial charge in [0, 0.05) is 64.8 Å². The number of anilines is 3. The maximum atomic E-state index is 6.64. The van der Waals surface area contributed by atoms with Gasteiger partial charge in [0.25, 0.3) is 0 Å². The fraction of sp³-hybridized carbons (Fsp3) is 0. The lowest BCUT2D eigenvalue weighted by molar-refractivity contribution is 0.669. The Hall–Kier alpha value is -6.36. The van der Waals surface area contributed by atoms with Gasteiger partial charge in [0.15, 0.2) is 0 Å². The molecule has 0 aliphatic carbocycles. The lowest BCUT2D eigenvalue weighted by Crippen LogP contribution is -2.11. The van der Waals surface area contributed by atoms with Crippen LogP contribution in [-0.4, -0.2) is 4.57 Å². The van der Waals surface area contributed by atoms with Gasteiger partial charge in [-0.15, -0.1) is 11.3 Å². The van der Waals surface area contributed by atoms with Crippen molar-refractivity contribution in [1.29, 1.82) is 0 Å². The number of para-hydroxylation sites is 3. The van der Waals surface area contributed by atoms with Crippen molar-refractivity contribution in [3.05, 3.63) is 170 Å². The molecule has 0 atom stereocenters. The summed E-state index contributed by atoms with van der Waals surface area (Å²) in [4.78, 5) is 2.41. The van der Waals surface area contributed by atoms with Crippen LogP contribution in [0.4, 0.5) is 17.1 Å². The molecule has 0 aliphatic rings. The summed E-state index contributed by atoms with van der Waals surface area (Å²) in [6.45, 7) is 0. The minimum Gasteiger partial charge on any atom is -0.456 e. The predicted molar refractivity (Wildman–Crippen MR) is 213 cm³/mol. The van der Waals surface area contributed by atoms with Crippen molar-refractivity contribution in [1.82, 2.24) is 4.57 Å². The van der Waals surface area contributed by atoms with Crippen molar-refractivity contribution in [3.63, 3.8) is 0 Å². The van der Waals surface area contributed by atoms with Crippen molar-refractivity contribution in [2.24, 2.45) is 0 Å². The second kappa shape index (κ2) is 10.6. The van der Waals surface area contributed by atoms with E-state index in [0.717, 1.165) is 50.2 Å². The van der Waals surface area contributed by atoms with Crippen molar-refractivity contribution in [2.75, 3.05) is 4.90 Å². The fourth-order valence-electron chi connectivity index (χ4n) is 7.90. The van der Waals surface area contributed by atoms with E-state index in [1.807, 2.05) is 11.3 Å². The van der Waals surface area contributed by atoms with E-state index in [-0.39, 0.29) is 0 Å². The topological polar surface area (TPSA) is 21.3 Å². The molecule has 0 aliphatic heterocycles. The van der Waals surface area contributed by atoms with Crippen molar-refractivity contribution in [2.45, 2.75) is 0 Å². The number of furan rings is 1. The van der Waals surface area contributed by atoms with E-state index in [2.05, 4.69) is 179 Å². The molecule has 0 saturated carbocycles. The van der Waals surface area contributed by atoms with Gasteiger partial charge >= 0.3 is 0 Å². The van der Waals surface area contributed by atoms with Crippen LogP contribution in [0.15, 0.2) is 174 Å². The van der Waals surface area contributed by atoms with Crippen LogP contribution < -0.4 is 4.90 Å². The maximum absolute atomic E-state index is 6.64. The molecule has 234 valence electrons. The third-order valence-electron chi connectivity index (χ3n) is 10.1. The molecule has 0 bridgehead atoms. The average Bonchev–Trinajstić information content (AvgIpc) is 3.83. The third kappa shape index (κ3) is 4.03. The summed E-state index contributed by atoms with van der Waals surface area (Å²) in [5, 5.41) is 9.63. The van der Waals surface area contributed by atoms with Gasteiger partial charge in [0.1, 0.15) is 11.2 Å². The van der Waals surface area contributed by atoms with Crippen LogP contribution in [0.25, 0.3) is 80.4 Å². The number of hydrogen-bond acceptors (Lipinski definition) is 3. The minimum atomic E-state index is 0.871. The van der Waals surface area contributed by atoms with E-state index in [9.17, 15) is 0 Å². The number of thiophene rings is 1. The molecule has 0 unspecified atom stereocenters. The van der Waals surface area contributed by atoms with E-state index in [4.69, 9.17) is 4.42 Å². The van der Waals surface area contributed by atoms with Gasteiger partial charge < -0.3 is 13.9 Å². The van der Waals surface area contributed by atoms with E-state index in [1.165, 1.54) is 47.2 Å². The van der Waals surface area contributed by atoms with Crippen LogP contribution in [0.5, 0.6) is 0 Å². The van der Waals surface area contributed by atoms with Gasteiger partial charge in [0.2, 0.25) is 0 Å². The Labute approximate surface area is 291 Å². The number of hydrogen-bond donors (Lipinski definition) is 0. The molecule has 0 spiro atoms. The van der Waals surface area contributed by atoms with E-state index in [0.29, 0.717) is 0 Å². The first kappa shape index (κ1) is 27.6. The summed E-state index contributed by atoms with van der Waals surface area (Å²) >= 11 is 1.85. The summed E-state index contributed by atoms with van der Waals surface area (Å²) in [7, 11) is 0. The Morgan fingerprint density at radius 3 is 2.02 bits per heavy atom. The first-order valence-electron chi connectivity index (χ1n) is 16.9. The second-order valence-electron chi connectivity index (χ2n) is 13.0. The number of nitrogens with zero attached hydrogens (tertiary/aromatic N) is 2. The van der Waals surface area contributed by atoms with Crippen molar-refractivity contribution in [3.8, 4) is 5.69 Å². The molecule has 0 saturated heterocycles. The Kier molecular flexibility index (Phi) is 5.83. The zero-order valence-electron chi connectivity index (χ0n) is 26.9. The van der Waals surface area contributed by atoms with E-state index < -0.39 is 0 Å². The SMILES string of the molecule is c1ccc(-n2c3ccccc3c3cccc(N(c4ccc5c(c4)oc4cc6ccccc6cc45)c4ccc5sc6ccccc6c5c4)c32)cc1. The molecular weight excluding hydrogens is 629 g/mol. The smallest absolute Gasteiger partial charge is 0.137 e. The summed E-state index contributed by atoms with van der Waals surface area (Å²) in [5.74, 6) is 0. The minimum absolute atomic E-state index is 0.871. The zero-order valence-corrected chi connectivity index (χ0v) is 27.7. The largest absolute Gasteiger partial charge is 0.456 e. The highest BCUT2D eigenvalue weighted by atomic mass is 32.1. The van der Waals surface area contributed by atoms with Gasteiger partial charge in [-0.3, -0.25) is 0 Å². The highest BCUT2D eigenvalue weighted by Gasteiger charge is 2.23. The normalized spacial score (nSPS) is 12.0. The lowest BCUT2D eigenvalue weighted by Gasteiger charge is -2.27. The van der Waals surface area contributed by atoms with Crippen LogP contribution in [0.3, 0.4) is 0 Å². The van der Waals surface area contributed by atoms with Crippen LogP contribution >= 0.6 is 11.3 Å². The monoisotopic (exact) mass is 656 g/mol. The van der Waals surface area contributed by atoms with Crippen molar-refractivity contribution >= 4 is 103 Å². The van der Waals surface area contributed by atoms with Gasteiger partial charge in [-0.05, 0) is 83.6 Å². The molecule has 11 rings (SSSR count). The highest BCUT2D eigenvalue weighted by molar-refractivity contribution is 7.25. The molecule has 0 radical (unpaired) electrons. The number of rotatable bonds is 4. The standard InChI is InChI=1S/C46H28N2OS/c1-2-13-31(14-3-1)48-40-18-8-6-15-34(40)37-17-10-19-41(46(37)48)47(32-22-24-45-39(27-32)36-16-7-9-20-44(36)50-45)33-21-23-35-38-25-29-11-4-5-12-30(29)26-42(38)49-43(35)28-33/h1-28H. The lowest BCUT2D eigenvalue weighted by atomic mass is 10.1. The molecule has 0 amide bonds. The number of fused-ring (bicyclic) bond motifs is 10. The summed E-state index contributed by atoms with van der Waals surface area (Å²) in [5.41, 5.74) is 8.48. The second-order valence-corrected chi connectivity index (χ2v) is 14.0. The number of aromatic nitrogens is 1. The quantitative estimate of drug-likeness (QED) is 0.188. The van der Waals surface area contributed by atoms with E-state index in [1.54, 1.807) is 0 Å². The molecule has 0 N–H and O–H groups in total. The molecule has 8 aromatic carbocycles. The van der Waals surface area contributed by atoms with Gasteiger partial charge in [-0.1, -0.05) is 91.0 Å². The molecule has 0 fully saturated rings. The average molecular weight is 657 g/mol. The van der Waals surface area contributed by atoms with Gasteiger partial charge in [0.05, 0.1) is 16.7 Å². The Bertz CT molecular complexity index is 3110. The first-order chi connectivity index (χ1) is 24.8. The van der Waals surface area contributed by atoms with Crippen LogP contribution in [0, 0.1) is 0 Å². The molecule has 3 heterocycles. The fourth-order valence-corrected chi connectivity index (χ4v) is 8.98. The highest BCUT2D eigenvalue weighted by Crippen LogP contribution is 2.46. The first-order valence-corrected chi connectivity index (χ1v) is 17.7. The summed E-state index contributed by atoms with van der Waals surface area (Å²) in [6, 6.07) is 61.3. The van der Waals surface area contributed by atoms with Gasteiger partial charge in [-0.2, -0.15) is 0 Å². The maximum Gasteiger partial charge on any atom is 0.137 e. The summed E-state index contributed by atoms with van der Waals surface area (Å²) in [6.07, 6.45) is 0. The molecule has 50 heavy (non-hydrogen) atoms. The Morgan fingerprint density at radius 2 is 1.12 bits per heavy atom. The van der Waals surface area contributed by atoms with Crippen molar-refractivity contribution < 1.29 is 4.42 Å². The van der Waals surface area contributed by atoms with E-state index >= 15 is 0 Å². The molecule has 3 nitrogen and oxygen atoms in total. The summed E-state index contributed by atoms with van der Waals surface area (Å²) < 4.78 is 11.6. The van der Waals surface area contributed by atoms with Crippen LogP contribution in [-0.2, 0) is 0 Å². The van der Waals surface area contributed by atoms with Crippen LogP contribution in [0.2, 0.25) is 0 Å². The van der Waals surface area contributed by atoms with Gasteiger partial charge in [-0.25, -0.2) is 0 Å². The Morgan fingerprint density at radius 1 is 0.440 bits per heavy atom. The Balaban J connectivity index is 1.23. The molecular formula is C46H28N2OS. The zero-order chi connectivity index (χ0) is 32.8. The number of benzene rings is 8. The third-order valence-corrected chi connectivity index (χ3v) is 11.3. The predicted octanol–water partition coefficient (Wildman–Crippen LogP) is 13.7.